The van der Waals surface area contributed by atoms with Gasteiger partial charge in [-0.2, -0.15) is 10.1 Å². The third-order valence-electron chi connectivity index (χ3n) is 6.74. The van der Waals surface area contributed by atoms with Crippen molar-refractivity contribution in [3.8, 4) is 28.4 Å². The normalized spacial score (nSPS) is 15.0. The maximum atomic E-state index is 12.5. The van der Waals surface area contributed by atoms with Crippen LogP contribution < -0.4 is 31.4 Å². The molecule has 13 nitrogen and oxygen atoms in total. The number of aromatic amines is 1. The number of carbonyl (C=O) groups is 2. The number of pyridine rings is 1. The van der Waals surface area contributed by atoms with Gasteiger partial charge in [-0.3, -0.25) is 14.4 Å². The van der Waals surface area contributed by atoms with Gasteiger partial charge in [0.2, 0.25) is 11.9 Å². The van der Waals surface area contributed by atoms with E-state index in [-0.39, 0.29) is 18.2 Å². The van der Waals surface area contributed by atoms with Crippen LogP contribution in [-0.2, 0) is 16.1 Å². The molecule has 0 saturated carbocycles. The Morgan fingerprint density at radius 3 is 2.73 bits per heavy atom. The minimum atomic E-state index is -1.20. The summed E-state index contributed by atoms with van der Waals surface area (Å²) in [5, 5.41) is 13.1. The molecule has 2 unspecified atom stereocenters. The lowest BCUT2D eigenvalue weighted by molar-refractivity contribution is -0.129. The number of nitrogens with zero attached hydrogens (tertiary/aromatic N) is 4. The molecule has 0 aliphatic carbocycles. The average Bonchev–Trinajstić information content (AvgIpc) is 3.38. The Morgan fingerprint density at radius 2 is 1.95 bits per heavy atom. The Hall–Kier alpha value is -5.30. The zero-order valence-electron chi connectivity index (χ0n) is 22.0. The largest absolute Gasteiger partial charge is 0.486 e. The summed E-state index contributed by atoms with van der Waals surface area (Å²) >= 11 is 0. The zero-order valence-corrected chi connectivity index (χ0v) is 22.0. The van der Waals surface area contributed by atoms with Crippen LogP contribution in [0.4, 0.5) is 5.95 Å². The number of amides is 1. The third-order valence-corrected chi connectivity index (χ3v) is 6.74. The molecule has 5 N–H and O–H groups in total. The van der Waals surface area contributed by atoms with E-state index < -0.39 is 17.7 Å². The van der Waals surface area contributed by atoms with E-state index in [1.807, 2.05) is 48.5 Å². The number of hydrogen-bond acceptors (Lipinski definition) is 10. The van der Waals surface area contributed by atoms with Gasteiger partial charge in [0.15, 0.2) is 22.9 Å². The number of nitrogens with two attached hydrogens (primary N) is 1. The second kappa shape index (κ2) is 10.7. The summed E-state index contributed by atoms with van der Waals surface area (Å²) in [7, 11) is 0. The molecule has 4 heterocycles. The van der Waals surface area contributed by atoms with Crippen molar-refractivity contribution >= 4 is 28.7 Å². The molecule has 208 valence electrons. The highest BCUT2D eigenvalue weighted by Crippen LogP contribution is 2.31. The first-order valence-electron chi connectivity index (χ1n) is 12.9. The maximum Gasteiger partial charge on any atom is 0.275 e. The van der Waals surface area contributed by atoms with E-state index in [1.54, 1.807) is 17.0 Å². The Bertz CT molecular complexity index is 1780. The fourth-order valence-electron chi connectivity index (χ4n) is 4.48. The molecule has 0 fully saturated rings. The van der Waals surface area contributed by atoms with E-state index in [2.05, 4.69) is 25.8 Å². The number of para-hydroxylation sites is 2. The van der Waals surface area contributed by atoms with Crippen molar-refractivity contribution in [1.82, 2.24) is 30.0 Å². The molecular formula is C28H26N8O5. The van der Waals surface area contributed by atoms with Crippen LogP contribution in [0.5, 0.6) is 11.5 Å². The van der Waals surface area contributed by atoms with Gasteiger partial charge < -0.3 is 30.4 Å². The first-order valence-corrected chi connectivity index (χ1v) is 12.9. The lowest BCUT2D eigenvalue weighted by atomic mass is 10.1. The number of ketones is 1. The monoisotopic (exact) mass is 554 g/mol. The summed E-state index contributed by atoms with van der Waals surface area (Å²) in [6, 6.07) is 13.6. The molecule has 2 atom stereocenters. The van der Waals surface area contributed by atoms with Crippen molar-refractivity contribution in [2.45, 2.75) is 25.6 Å². The molecule has 2 aromatic carbocycles. The minimum absolute atomic E-state index is 0.199. The SMILES string of the molecule is CC(=O)C(N)C(=O)NCc1ccc(-n2cc3c(=O)[nH]nc-3c3cnc(NCC4COc5ccccc5O4)nc32)cc1. The van der Waals surface area contributed by atoms with Crippen molar-refractivity contribution < 1.29 is 19.1 Å². The van der Waals surface area contributed by atoms with Gasteiger partial charge >= 0.3 is 0 Å². The number of fused-ring (bicyclic) bond motifs is 4. The van der Waals surface area contributed by atoms with Crippen molar-refractivity contribution in [3.05, 3.63) is 76.8 Å². The highest BCUT2D eigenvalue weighted by molar-refractivity contribution is 6.04. The van der Waals surface area contributed by atoms with Crippen molar-refractivity contribution in [3.63, 3.8) is 0 Å². The van der Waals surface area contributed by atoms with Gasteiger partial charge in [-0.25, -0.2) is 10.1 Å². The Balaban J connectivity index is 1.26. The van der Waals surface area contributed by atoms with Crippen LogP contribution in [0.1, 0.15) is 12.5 Å². The number of ether oxygens (including phenoxy) is 2. The number of nitrogens with one attached hydrogen (secondary N) is 3. The summed E-state index contributed by atoms with van der Waals surface area (Å²) in [6.45, 7) is 2.26. The van der Waals surface area contributed by atoms with Crippen molar-refractivity contribution in [2.75, 3.05) is 18.5 Å². The van der Waals surface area contributed by atoms with Crippen LogP contribution in [0.15, 0.2) is 65.7 Å². The Labute approximate surface area is 233 Å². The molecule has 1 amide bonds. The number of hydrogen-bond donors (Lipinski definition) is 4. The van der Waals surface area contributed by atoms with Gasteiger partial charge in [-0.1, -0.05) is 24.3 Å². The highest BCUT2D eigenvalue weighted by atomic mass is 16.6. The predicted octanol–water partition coefficient (Wildman–Crippen LogP) is 1.39. The number of H-pyrrole nitrogens is 1. The molecule has 3 aliphatic heterocycles. The van der Waals surface area contributed by atoms with E-state index in [0.29, 0.717) is 52.9 Å². The summed E-state index contributed by atoms with van der Waals surface area (Å²) in [4.78, 5) is 45.0. The number of aromatic nitrogens is 5. The Kier molecular flexibility index (Phi) is 6.77. The second-order valence-corrected chi connectivity index (χ2v) is 9.60. The minimum Gasteiger partial charge on any atom is -0.486 e. The van der Waals surface area contributed by atoms with E-state index in [9.17, 15) is 14.4 Å². The first-order chi connectivity index (χ1) is 19.9. The van der Waals surface area contributed by atoms with Crippen LogP contribution in [-0.4, -0.2) is 61.7 Å². The average molecular weight is 555 g/mol. The lowest BCUT2D eigenvalue weighted by Crippen LogP contribution is -2.44. The predicted molar refractivity (Wildman–Crippen MR) is 149 cm³/mol. The quantitative estimate of drug-likeness (QED) is 0.205. The Morgan fingerprint density at radius 1 is 1.17 bits per heavy atom. The van der Waals surface area contributed by atoms with Crippen molar-refractivity contribution in [1.29, 1.82) is 0 Å². The molecule has 0 bridgehead atoms. The lowest BCUT2D eigenvalue weighted by Gasteiger charge is -2.26. The summed E-state index contributed by atoms with van der Waals surface area (Å²) < 4.78 is 13.6. The van der Waals surface area contributed by atoms with Gasteiger partial charge in [-0.05, 0) is 36.8 Å². The number of anilines is 1. The topological polar surface area (TPSA) is 179 Å². The first kappa shape index (κ1) is 26.0. The summed E-state index contributed by atoms with van der Waals surface area (Å²) in [5.74, 6) is 0.810. The van der Waals surface area contributed by atoms with Gasteiger partial charge in [0.1, 0.15) is 24.4 Å². The van der Waals surface area contributed by atoms with Gasteiger partial charge in [-0.15, -0.1) is 0 Å². The molecular weight excluding hydrogens is 528 g/mol. The number of benzene rings is 2. The molecule has 0 spiro atoms. The van der Waals surface area contributed by atoms with E-state index in [1.165, 1.54) is 6.92 Å². The van der Waals surface area contributed by atoms with Gasteiger partial charge in [0, 0.05) is 24.6 Å². The third kappa shape index (κ3) is 5.17. The molecule has 0 radical (unpaired) electrons. The fraction of sp³-hybridized carbons (Fsp3) is 0.214. The molecule has 3 aromatic rings. The van der Waals surface area contributed by atoms with Crippen LogP contribution >= 0.6 is 0 Å². The molecule has 0 saturated heterocycles. The van der Waals surface area contributed by atoms with E-state index in [0.717, 1.165) is 11.3 Å². The molecule has 1 aromatic heterocycles. The standard InChI is InChI=1S/C28H26N8O5/c1-15(37)23(29)27(39)30-10-16-6-8-17(9-7-16)36-13-20-24(34-35-26(20)38)19-12-32-28(33-25(19)36)31-11-18-14-40-21-4-2-3-5-22(21)41-18/h2-9,12-13,18,23H,10-11,14,29H2,1H3,(H,30,39)(H,35,38)(H,31,32,33). The fourth-order valence-corrected chi connectivity index (χ4v) is 4.48. The maximum absolute atomic E-state index is 12.5. The van der Waals surface area contributed by atoms with Crippen LogP contribution in [0.25, 0.3) is 28.0 Å². The molecule has 13 heteroatoms. The smallest absolute Gasteiger partial charge is 0.275 e. The molecule has 41 heavy (non-hydrogen) atoms. The summed E-state index contributed by atoms with van der Waals surface area (Å²) in [5.41, 5.74) is 8.17. The summed E-state index contributed by atoms with van der Waals surface area (Å²) in [6.07, 6.45) is 3.06. The van der Waals surface area contributed by atoms with Crippen molar-refractivity contribution in [2.24, 2.45) is 5.73 Å². The second-order valence-electron chi connectivity index (χ2n) is 9.60. The number of carbonyl (C=O) groups excluding carboxylic acids is 2. The van der Waals surface area contributed by atoms with Gasteiger partial charge in [0.05, 0.1) is 17.5 Å². The van der Waals surface area contributed by atoms with E-state index >= 15 is 0 Å². The molecule has 3 aliphatic rings. The van der Waals surface area contributed by atoms with Crippen LogP contribution in [0, 0.1) is 0 Å². The highest BCUT2D eigenvalue weighted by Gasteiger charge is 2.23. The van der Waals surface area contributed by atoms with Crippen LogP contribution in [0.2, 0.25) is 0 Å². The number of rotatable bonds is 8. The molecule has 6 rings (SSSR count). The number of Topliss-reactive ketones (excluding diaryl/α,β-unsaturated/α-hetero) is 1. The zero-order chi connectivity index (χ0) is 28.5. The van der Waals surface area contributed by atoms with Gasteiger partial charge in [0.25, 0.3) is 5.56 Å². The van der Waals surface area contributed by atoms with Crippen LogP contribution in [0.3, 0.4) is 0 Å². The van der Waals surface area contributed by atoms with E-state index in [4.69, 9.17) is 20.2 Å².